The van der Waals surface area contributed by atoms with E-state index in [9.17, 15) is 4.39 Å². The summed E-state index contributed by atoms with van der Waals surface area (Å²) in [4.78, 5) is 9.54. The molecule has 146 valence electrons. The first kappa shape index (κ1) is 18.8. The molecule has 2 heterocycles. The molecule has 0 spiro atoms. The third-order valence-corrected chi connectivity index (χ3v) is 5.24. The summed E-state index contributed by atoms with van der Waals surface area (Å²) in [7, 11) is 0. The van der Waals surface area contributed by atoms with Crippen molar-refractivity contribution in [2.45, 2.75) is 26.4 Å². The fourth-order valence-electron chi connectivity index (χ4n) is 3.63. The second-order valence-corrected chi connectivity index (χ2v) is 7.54. The highest BCUT2D eigenvalue weighted by atomic mass is 19.1. The van der Waals surface area contributed by atoms with Crippen LogP contribution in [0.5, 0.6) is 0 Å². The Kier molecular flexibility index (Phi) is 5.84. The molecule has 1 aliphatic heterocycles. The molecule has 0 amide bonds. The first-order chi connectivity index (χ1) is 13.7. The number of nitrogens with zero attached hydrogens (tertiary/aromatic N) is 3. The highest BCUT2D eigenvalue weighted by Gasteiger charge is 2.17. The van der Waals surface area contributed by atoms with Gasteiger partial charge in [-0.3, -0.25) is 9.80 Å². The Hall–Kier alpha value is -2.50. The molecule has 4 nitrogen and oxygen atoms in total. The molecule has 0 saturated carbocycles. The molecular formula is C23H26FN3O. The summed E-state index contributed by atoms with van der Waals surface area (Å²) < 4.78 is 18.8. The van der Waals surface area contributed by atoms with Gasteiger partial charge in [-0.25, -0.2) is 9.37 Å². The Morgan fingerprint density at radius 3 is 2.29 bits per heavy atom. The molecule has 0 N–H and O–H groups in total. The van der Waals surface area contributed by atoms with E-state index in [1.165, 1.54) is 17.7 Å². The van der Waals surface area contributed by atoms with Gasteiger partial charge in [-0.15, -0.1) is 0 Å². The van der Waals surface area contributed by atoms with E-state index in [0.29, 0.717) is 5.89 Å². The van der Waals surface area contributed by atoms with Crippen molar-refractivity contribution in [1.29, 1.82) is 0 Å². The molecule has 4 rings (SSSR count). The zero-order chi connectivity index (χ0) is 19.3. The lowest BCUT2D eigenvalue weighted by atomic mass is 10.1. The first-order valence-electron chi connectivity index (χ1n) is 9.86. The molecule has 1 fully saturated rings. The molecule has 28 heavy (non-hydrogen) atoms. The van der Waals surface area contributed by atoms with Gasteiger partial charge in [0.1, 0.15) is 12.1 Å². The lowest BCUT2D eigenvalue weighted by Crippen LogP contribution is -2.30. The van der Waals surface area contributed by atoms with Gasteiger partial charge in [0.15, 0.2) is 0 Å². The Labute approximate surface area is 165 Å². The van der Waals surface area contributed by atoms with Crippen LogP contribution in [0.25, 0.3) is 11.5 Å². The van der Waals surface area contributed by atoms with E-state index in [-0.39, 0.29) is 5.82 Å². The van der Waals surface area contributed by atoms with E-state index in [0.717, 1.165) is 62.5 Å². The van der Waals surface area contributed by atoms with Crippen LogP contribution in [0.3, 0.4) is 0 Å². The van der Waals surface area contributed by atoms with Crippen LogP contribution in [0, 0.1) is 12.7 Å². The quantitative estimate of drug-likeness (QED) is 0.654. The third-order valence-electron chi connectivity index (χ3n) is 5.24. The third kappa shape index (κ3) is 4.86. The standard InChI is InChI=1S/C23H26FN3O/c1-18-3-7-20(8-4-18)23-25-22(17-28-23)16-27-12-2-11-26(13-14-27)15-19-5-9-21(24)10-6-19/h3-10,17H,2,11-16H2,1H3. The van der Waals surface area contributed by atoms with E-state index >= 15 is 0 Å². The molecule has 1 saturated heterocycles. The highest BCUT2D eigenvalue weighted by Crippen LogP contribution is 2.20. The lowest BCUT2D eigenvalue weighted by molar-refractivity contribution is 0.245. The van der Waals surface area contributed by atoms with Gasteiger partial charge in [0.2, 0.25) is 5.89 Å². The van der Waals surface area contributed by atoms with Crippen LogP contribution >= 0.6 is 0 Å². The van der Waals surface area contributed by atoms with E-state index in [4.69, 9.17) is 4.42 Å². The van der Waals surface area contributed by atoms with Crippen LogP contribution < -0.4 is 0 Å². The van der Waals surface area contributed by atoms with Gasteiger partial charge >= 0.3 is 0 Å². The van der Waals surface area contributed by atoms with E-state index in [2.05, 4.69) is 33.8 Å². The number of aromatic nitrogens is 1. The van der Waals surface area contributed by atoms with Gasteiger partial charge in [0, 0.05) is 31.7 Å². The number of hydrogen-bond acceptors (Lipinski definition) is 4. The molecule has 0 radical (unpaired) electrons. The SMILES string of the molecule is Cc1ccc(-c2nc(CN3CCCN(Cc4ccc(F)cc4)CC3)co2)cc1. The summed E-state index contributed by atoms with van der Waals surface area (Å²) in [6, 6.07) is 15.1. The minimum absolute atomic E-state index is 0.177. The molecule has 0 unspecified atom stereocenters. The number of rotatable bonds is 5. The van der Waals surface area contributed by atoms with Crippen molar-refractivity contribution in [3.63, 3.8) is 0 Å². The number of oxazole rings is 1. The van der Waals surface area contributed by atoms with Gasteiger partial charge in [0.05, 0.1) is 5.69 Å². The number of halogens is 1. The van der Waals surface area contributed by atoms with Gasteiger partial charge < -0.3 is 4.42 Å². The van der Waals surface area contributed by atoms with Gasteiger partial charge in [-0.1, -0.05) is 29.8 Å². The summed E-state index contributed by atoms with van der Waals surface area (Å²) in [6.07, 6.45) is 2.89. The average Bonchev–Trinajstić information content (AvgIpc) is 3.05. The second-order valence-electron chi connectivity index (χ2n) is 7.54. The number of hydrogen-bond donors (Lipinski definition) is 0. The minimum Gasteiger partial charge on any atom is -0.444 e. The van der Waals surface area contributed by atoms with Crippen molar-refractivity contribution in [2.75, 3.05) is 26.2 Å². The van der Waals surface area contributed by atoms with Gasteiger partial charge in [-0.2, -0.15) is 0 Å². The first-order valence-corrected chi connectivity index (χ1v) is 9.86. The van der Waals surface area contributed by atoms with Crippen LogP contribution in [0.1, 0.15) is 23.2 Å². The normalized spacial score (nSPS) is 16.2. The van der Waals surface area contributed by atoms with E-state index in [1.807, 2.05) is 24.3 Å². The Morgan fingerprint density at radius 1 is 0.893 bits per heavy atom. The maximum atomic E-state index is 13.1. The largest absolute Gasteiger partial charge is 0.444 e. The predicted octanol–water partition coefficient (Wildman–Crippen LogP) is 4.50. The molecule has 2 aromatic carbocycles. The summed E-state index contributed by atoms with van der Waals surface area (Å²) >= 11 is 0. The van der Waals surface area contributed by atoms with Crippen molar-refractivity contribution < 1.29 is 8.81 Å². The molecule has 0 bridgehead atoms. The maximum Gasteiger partial charge on any atom is 0.226 e. The van der Waals surface area contributed by atoms with Crippen molar-refractivity contribution in [2.24, 2.45) is 0 Å². The monoisotopic (exact) mass is 379 g/mol. The summed E-state index contributed by atoms with van der Waals surface area (Å²) in [5, 5.41) is 0. The Bertz CT molecular complexity index is 889. The zero-order valence-corrected chi connectivity index (χ0v) is 16.3. The van der Waals surface area contributed by atoms with Gasteiger partial charge in [0.25, 0.3) is 0 Å². The Morgan fingerprint density at radius 2 is 1.57 bits per heavy atom. The topological polar surface area (TPSA) is 32.5 Å². The van der Waals surface area contributed by atoms with Crippen molar-refractivity contribution in [3.05, 3.63) is 77.4 Å². The smallest absolute Gasteiger partial charge is 0.226 e. The fourth-order valence-corrected chi connectivity index (χ4v) is 3.63. The molecule has 0 aliphatic carbocycles. The minimum atomic E-state index is -0.177. The van der Waals surface area contributed by atoms with E-state index < -0.39 is 0 Å². The lowest BCUT2D eigenvalue weighted by Gasteiger charge is -2.21. The summed E-state index contributed by atoms with van der Waals surface area (Å²) in [5.74, 6) is 0.506. The van der Waals surface area contributed by atoms with E-state index in [1.54, 1.807) is 6.26 Å². The molecule has 0 atom stereocenters. The molecule has 1 aromatic heterocycles. The average molecular weight is 379 g/mol. The van der Waals surface area contributed by atoms with Gasteiger partial charge in [-0.05, 0) is 56.3 Å². The van der Waals surface area contributed by atoms with Crippen LogP contribution in [0.2, 0.25) is 0 Å². The predicted molar refractivity (Wildman–Crippen MR) is 108 cm³/mol. The highest BCUT2D eigenvalue weighted by molar-refractivity contribution is 5.53. The molecule has 3 aromatic rings. The fraction of sp³-hybridized carbons (Fsp3) is 0.348. The van der Waals surface area contributed by atoms with Crippen molar-refractivity contribution in [1.82, 2.24) is 14.8 Å². The number of aryl methyl sites for hydroxylation is 1. The van der Waals surface area contributed by atoms with Crippen LogP contribution in [-0.4, -0.2) is 41.0 Å². The Balaban J connectivity index is 1.32. The summed E-state index contributed by atoms with van der Waals surface area (Å²) in [5.41, 5.74) is 4.38. The second kappa shape index (κ2) is 8.67. The van der Waals surface area contributed by atoms with Crippen molar-refractivity contribution >= 4 is 0 Å². The zero-order valence-electron chi connectivity index (χ0n) is 16.3. The number of benzene rings is 2. The maximum absolute atomic E-state index is 13.1. The van der Waals surface area contributed by atoms with Crippen molar-refractivity contribution in [3.8, 4) is 11.5 Å². The van der Waals surface area contributed by atoms with Crippen LogP contribution in [0.15, 0.2) is 59.2 Å². The van der Waals surface area contributed by atoms with Crippen LogP contribution in [-0.2, 0) is 13.1 Å². The molecule has 5 heteroatoms. The molecular weight excluding hydrogens is 353 g/mol. The van der Waals surface area contributed by atoms with Crippen LogP contribution in [0.4, 0.5) is 4.39 Å². The summed E-state index contributed by atoms with van der Waals surface area (Å²) in [6.45, 7) is 7.85. The molecule has 1 aliphatic rings.